The van der Waals surface area contributed by atoms with E-state index in [9.17, 15) is 22.8 Å². The van der Waals surface area contributed by atoms with Crippen molar-refractivity contribution in [3.8, 4) is 11.8 Å². The molecule has 2 N–H and O–H groups in total. The molecule has 7 heteroatoms. The van der Waals surface area contributed by atoms with Crippen molar-refractivity contribution in [2.45, 2.75) is 25.6 Å². The number of hydrogen-bond acceptors (Lipinski definition) is 2. The Morgan fingerprint density at radius 3 is 2.07 bits per heavy atom. The van der Waals surface area contributed by atoms with Gasteiger partial charge in [-0.05, 0) is 13.8 Å². The lowest BCUT2D eigenvalue weighted by atomic mass is 10.1. The average molecular weight is 223 g/mol. The molecule has 0 atom stereocenters. The number of alkyl halides is 3. The highest BCUT2D eigenvalue weighted by Crippen LogP contribution is 2.16. The summed E-state index contributed by atoms with van der Waals surface area (Å²) in [5.41, 5.74) is -1.55. The Kier molecular flexibility index (Phi) is 3.73. The van der Waals surface area contributed by atoms with Gasteiger partial charge in [0, 0.05) is 5.92 Å². The van der Waals surface area contributed by atoms with Gasteiger partial charge in [-0.2, -0.15) is 13.2 Å². The minimum Gasteiger partial charge on any atom is -0.472 e. The molecule has 0 radical (unpaired) electrons. The van der Waals surface area contributed by atoms with Gasteiger partial charge in [0.2, 0.25) is 0 Å². The molecule has 84 valence electrons. The largest absolute Gasteiger partial charge is 0.472 e. The Morgan fingerprint density at radius 2 is 1.73 bits per heavy atom. The van der Waals surface area contributed by atoms with Crippen LogP contribution in [0.15, 0.2) is 0 Å². The number of carboxylic acid groups (broad SMARTS) is 1. The molecule has 0 spiro atoms. The molecule has 1 amide bonds. The van der Waals surface area contributed by atoms with Crippen molar-refractivity contribution >= 4 is 11.9 Å². The van der Waals surface area contributed by atoms with E-state index in [0.29, 0.717) is 0 Å². The van der Waals surface area contributed by atoms with Gasteiger partial charge in [0.25, 0.3) is 0 Å². The van der Waals surface area contributed by atoms with Crippen LogP contribution in [0.3, 0.4) is 0 Å². The first kappa shape index (κ1) is 13.3. The molecule has 0 aliphatic rings. The molecule has 0 unspecified atom stereocenters. The second-order valence-electron chi connectivity index (χ2n) is 3.13. The van der Waals surface area contributed by atoms with Gasteiger partial charge >= 0.3 is 18.1 Å². The molecular formula is C8H8F3NO3. The number of halogens is 3. The lowest BCUT2D eigenvalue weighted by Gasteiger charge is -2.20. The maximum Gasteiger partial charge on any atom is 0.471 e. The van der Waals surface area contributed by atoms with Crippen LogP contribution in [-0.2, 0) is 9.59 Å². The molecule has 0 fully saturated rings. The van der Waals surface area contributed by atoms with Gasteiger partial charge in [0.15, 0.2) is 0 Å². The molecule has 0 aliphatic carbocycles. The van der Waals surface area contributed by atoms with Crippen LogP contribution in [0.25, 0.3) is 0 Å². The maximum atomic E-state index is 11.8. The SMILES string of the molecule is CC(C)(C#CC(=O)O)NC(=O)C(F)(F)F. The van der Waals surface area contributed by atoms with Crippen LogP contribution in [0.4, 0.5) is 13.2 Å². The number of carboxylic acids is 1. The molecule has 0 heterocycles. The Hall–Kier alpha value is -1.71. The van der Waals surface area contributed by atoms with Gasteiger partial charge in [0.05, 0.1) is 5.54 Å². The predicted molar refractivity (Wildman–Crippen MR) is 43.7 cm³/mol. The van der Waals surface area contributed by atoms with E-state index >= 15 is 0 Å². The number of amides is 1. The highest BCUT2D eigenvalue weighted by molar-refractivity contribution is 5.87. The zero-order valence-electron chi connectivity index (χ0n) is 7.90. The van der Waals surface area contributed by atoms with Crippen LogP contribution < -0.4 is 5.32 Å². The predicted octanol–water partition coefficient (Wildman–Crippen LogP) is 0.531. The van der Waals surface area contributed by atoms with Crippen LogP contribution in [0.5, 0.6) is 0 Å². The molecule has 0 rings (SSSR count). The number of carbonyl (C=O) groups excluding carboxylic acids is 1. The summed E-state index contributed by atoms with van der Waals surface area (Å²) in [7, 11) is 0. The number of carbonyl (C=O) groups is 2. The van der Waals surface area contributed by atoms with E-state index in [1.807, 2.05) is 5.92 Å². The summed E-state index contributed by atoms with van der Waals surface area (Å²) in [4.78, 5) is 20.5. The normalized spacial score (nSPS) is 11.3. The van der Waals surface area contributed by atoms with E-state index in [0.717, 1.165) is 13.8 Å². The maximum absolute atomic E-state index is 11.8. The third-order valence-electron chi connectivity index (χ3n) is 1.17. The molecule has 0 aromatic heterocycles. The standard InChI is InChI=1S/C8H8F3NO3/c1-7(2,4-3-5(13)14)12-6(15)8(9,10)11/h1-2H3,(H,12,15)(H,13,14). The summed E-state index contributed by atoms with van der Waals surface area (Å²) in [5.74, 6) is -0.0350. The Labute approximate surface area is 83.5 Å². The van der Waals surface area contributed by atoms with Gasteiger partial charge < -0.3 is 10.4 Å². The minimum atomic E-state index is -5.01. The zero-order valence-corrected chi connectivity index (χ0v) is 7.90. The second-order valence-corrected chi connectivity index (χ2v) is 3.13. The van der Waals surface area contributed by atoms with E-state index in [4.69, 9.17) is 5.11 Å². The topological polar surface area (TPSA) is 66.4 Å². The van der Waals surface area contributed by atoms with E-state index in [1.165, 1.54) is 0 Å². The summed E-state index contributed by atoms with van der Waals surface area (Å²) in [6.45, 7) is 2.32. The summed E-state index contributed by atoms with van der Waals surface area (Å²) in [5, 5.41) is 9.71. The highest BCUT2D eigenvalue weighted by Gasteiger charge is 2.40. The van der Waals surface area contributed by atoms with E-state index in [1.54, 1.807) is 11.2 Å². The van der Waals surface area contributed by atoms with E-state index in [2.05, 4.69) is 0 Å². The first-order valence-corrected chi connectivity index (χ1v) is 3.70. The molecule has 0 aliphatic heterocycles. The second kappa shape index (κ2) is 4.21. The lowest BCUT2D eigenvalue weighted by Crippen LogP contribution is -2.48. The zero-order chi connectivity index (χ0) is 12.3. The van der Waals surface area contributed by atoms with Gasteiger partial charge in [0.1, 0.15) is 0 Å². The lowest BCUT2D eigenvalue weighted by molar-refractivity contribution is -0.174. The van der Waals surface area contributed by atoms with Gasteiger partial charge in [-0.15, -0.1) is 0 Å². The van der Waals surface area contributed by atoms with Gasteiger partial charge in [-0.1, -0.05) is 5.92 Å². The average Bonchev–Trinajstić information content (AvgIpc) is 1.98. The first-order valence-electron chi connectivity index (χ1n) is 3.70. The van der Waals surface area contributed by atoms with Gasteiger partial charge in [-0.3, -0.25) is 4.79 Å². The molecule has 0 saturated carbocycles. The highest BCUT2D eigenvalue weighted by atomic mass is 19.4. The van der Waals surface area contributed by atoms with Gasteiger partial charge in [-0.25, -0.2) is 4.79 Å². The van der Waals surface area contributed by atoms with E-state index < -0.39 is 23.6 Å². The molecule has 4 nitrogen and oxygen atoms in total. The van der Waals surface area contributed by atoms with Crippen LogP contribution in [-0.4, -0.2) is 28.7 Å². The molecule has 0 bridgehead atoms. The monoisotopic (exact) mass is 223 g/mol. The molecular weight excluding hydrogens is 215 g/mol. The van der Waals surface area contributed by atoms with Crippen molar-refractivity contribution in [3.63, 3.8) is 0 Å². The molecule has 0 aromatic rings. The fraction of sp³-hybridized carbons (Fsp3) is 0.500. The first-order chi connectivity index (χ1) is 6.54. The number of hydrogen-bond donors (Lipinski definition) is 2. The molecule has 0 saturated heterocycles. The van der Waals surface area contributed by atoms with Crippen molar-refractivity contribution in [2.24, 2.45) is 0 Å². The molecule has 0 aromatic carbocycles. The van der Waals surface area contributed by atoms with Crippen molar-refractivity contribution in [2.75, 3.05) is 0 Å². The Morgan fingerprint density at radius 1 is 1.27 bits per heavy atom. The summed E-state index contributed by atoms with van der Waals surface area (Å²) >= 11 is 0. The summed E-state index contributed by atoms with van der Waals surface area (Å²) in [6, 6.07) is 0. The van der Waals surface area contributed by atoms with Crippen molar-refractivity contribution in [1.29, 1.82) is 0 Å². The third-order valence-corrected chi connectivity index (χ3v) is 1.17. The number of aliphatic carboxylic acids is 1. The summed E-state index contributed by atoms with van der Waals surface area (Å²) in [6.07, 6.45) is -5.01. The van der Waals surface area contributed by atoms with Crippen LogP contribution in [0.1, 0.15) is 13.8 Å². The van der Waals surface area contributed by atoms with Crippen LogP contribution >= 0.6 is 0 Å². The fourth-order valence-corrected chi connectivity index (χ4v) is 0.596. The quantitative estimate of drug-likeness (QED) is 0.637. The van der Waals surface area contributed by atoms with E-state index in [-0.39, 0.29) is 0 Å². The molecule has 15 heavy (non-hydrogen) atoms. The number of rotatable bonds is 1. The van der Waals surface area contributed by atoms with Crippen molar-refractivity contribution < 1.29 is 27.9 Å². The smallest absolute Gasteiger partial charge is 0.471 e. The van der Waals surface area contributed by atoms with Crippen LogP contribution in [0.2, 0.25) is 0 Å². The fourth-order valence-electron chi connectivity index (χ4n) is 0.596. The van der Waals surface area contributed by atoms with Crippen molar-refractivity contribution in [3.05, 3.63) is 0 Å². The Bertz CT molecular complexity index is 335. The summed E-state index contributed by atoms with van der Waals surface area (Å²) < 4.78 is 35.4. The van der Waals surface area contributed by atoms with Crippen LogP contribution in [0, 0.1) is 11.8 Å². The third kappa shape index (κ3) is 5.57. The number of nitrogens with one attached hydrogen (secondary N) is 1. The minimum absolute atomic E-state index is 1.16. The van der Waals surface area contributed by atoms with Crippen molar-refractivity contribution in [1.82, 2.24) is 5.32 Å². The Balaban J connectivity index is 4.61.